The highest BCUT2D eigenvalue weighted by atomic mass is 79.9. The van der Waals surface area contributed by atoms with Crippen LogP contribution in [0.2, 0.25) is 0 Å². The fraction of sp³-hybridized carbons (Fsp3) is 0.208. The van der Waals surface area contributed by atoms with Gasteiger partial charge in [0.25, 0.3) is 0 Å². The number of benzene rings is 3. The number of rotatable bonds is 4. The Morgan fingerprint density at radius 1 is 0.967 bits per heavy atom. The van der Waals surface area contributed by atoms with Crippen LogP contribution in [0.4, 0.5) is 0 Å². The molecule has 0 saturated heterocycles. The maximum atomic E-state index is 6.45. The van der Waals surface area contributed by atoms with Gasteiger partial charge in [-0.25, -0.2) is 5.01 Å². The fourth-order valence-corrected chi connectivity index (χ4v) is 4.47. The molecule has 0 unspecified atom stereocenters. The Morgan fingerprint density at radius 2 is 1.77 bits per heavy atom. The maximum absolute atomic E-state index is 6.45. The molecule has 152 valence electrons. The third-order valence-corrected chi connectivity index (χ3v) is 6.04. The topological polar surface area (TPSA) is 43.3 Å². The van der Waals surface area contributed by atoms with Crippen LogP contribution in [-0.2, 0) is 0 Å². The highest BCUT2D eigenvalue weighted by Crippen LogP contribution is 2.48. The zero-order valence-corrected chi connectivity index (χ0v) is 18.3. The quantitative estimate of drug-likeness (QED) is 0.495. The molecule has 2 atom stereocenters. The van der Waals surface area contributed by atoms with Crippen molar-refractivity contribution in [1.29, 1.82) is 0 Å². The lowest BCUT2D eigenvalue weighted by Gasteiger charge is -2.38. The summed E-state index contributed by atoms with van der Waals surface area (Å²) in [4.78, 5) is 0. The third kappa shape index (κ3) is 3.21. The predicted octanol–water partition coefficient (Wildman–Crippen LogP) is 5.71. The molecule has 0 amide bonds. The zero-order valence-electron chi connectivity index (χ0n) is 16.7. The molecule has 2 heterocycles. The summed E-state index contributed by atoms with van der Waals surface area (Å²) < 4.78 is 18.4. The van der Waals surface area contributed by atoms with E-state index >= 15 is 0 Å². The van der Waals surface area contributed by atoms with Crippen LogP contribution in [-0.4, -0.2) is 24.9 Å². The van der Waals surface area contributed by atoms with Crippen molar-refractivity contribution in [3.8, 4) is 17.2 Å². The molecule has 6 heteroatoms. The standard InChI is InChI=1S/C24H21BrN2O3/c1-28-22-10-8-16(12-23(22)29-2)24-27-20(18-13-17(25)9-11-21(18)30-24)14-19(26-27)15-6-4-3-5-7-15/h3-13,20,24H,14H2,1-2H3/t20-,24-/m0/s1. The first kappa shape index (κ1) is 19.0. The number of hydrazone groups is 1. The van der Waals surface area contributed by atoms with Crippen LogP contribution < -0.4 is 14.2 Å². The molecule has 0 fully saturated rings. The summed E-state index contributed by atoms with van der Waals surface area (Å²) in [6.45, 7) is 0. The van der Waals surface area contributed by atoms with E-state index in [9.17, 15) is 0 Å². The number of ether oxygens (including phenoxy) is 3. The van der Waals surface area contributed by atoms with E-state index in [1.54, 1.807) is 14.2 Å². The Labute approximate surface area is 184 Å². The Kier molecular flexibility index (Phi) is 4.87. The van der Waals surface area contributed by atoms with Crippen LogP contribution in [0, 0.1) is 0 Å². The second kappa shape index (κ2) is 7.69. The van der Waals surface area contributed by atoms with Crippen molar-refractivity contribution in [2.45, 2.75) is 18.7 Å². The molecule has 5 rings (SSSR count). The smallest absolute Gasteiger partial charge is 0.214 e. The van der Waals surface area contributed by atoms with Gasteiger partial charge in [0.05, 0.1) is 26.0 Å². The van der Waals surface area contributed by atoms with Crippen LogP contribution in [0.25, 0.3) is 0 Å². The van der Waals surface area contributed by atoms with Crippen LogP contribution in [0.1, 0.15) is 35.4 Å². The maximum Gasteiger partial charge on any atom is 0.214 e. The summed E-state index contributed by atoms with van der Waals surface area (Å²) in [7, 11) is 3.27. The van der Waals surface area contributed by atoms with Gasteiger partial charge < -0.3 is 14.2 Å². The predicted molar refractivity (Wildman–Crippen MR) is 119 cm³/mol. The summed E-state index contributed by atoms with van der Waals surface area (Å²) in [5, 5.41) is 7.07. The molecule has 0 aliphatic carbocycles. The lowest BCUT2D eigenvalue weighted by atomic mass is 9.96. The molecule has 30 heavy (non-hydrogen) atoms. The third-order valence-electron chi connectivity index (χ3n) is 5.55. The number of hydrogen-bond acceptors (Lipinski definition) is 5. The number of hydrogen-bond donors (Lipinski definition) is 0. The summed E-state index contributed by atoms with van der Waals surface area (Å²) in [5.41, 5.74) is 4.29. The van der Waals surface area contributed by atoms with Gasteiger partial charge in [0.2, 0.25) is 6.23 Å². The van der Waals surface area contributed by atoms with E-state index in [1.165, 1.54) is 0 Å². The summed E-state index contributed by atoms with van der Waals surface area (Å²) in [6.07, 6.45) is 0.463. The highest BCUT2D eigenvalue weighted by Gasteiger charge is 2.41. The first-order valence-corrected chi connectivity index (χ1v) is 10.6. The van der Waals surface area contributed by atoms with E-state index in [2.05, 4.69) is 39.1 Å². The van der Waals surface area contributed by atoms with Crippen molar-refractivity contribution in [1.82, 2.24) is 5.01 Å². The molecule has 0 aromatic heterocycles. The minimum atomic E-state index is -0.357. The Morgan fingerprint density at radius 3 is 2.53 bits per heavy atom. The molecule has 0 radical (unpaired) electrons. The number of fused-ring (bicyclic) bond motifs is 3. The molecule has 3 aromatic rings. The van der Waals surface area contributed by atoms with Gasteiger partial charge in [-0.2, -0.15) is 5.10 Å². The minimum Gasteiger partial charge on any atom is -0.493 e. The normalized spacial score (nSPS) is 19.4. The van der Waals surface area contributed by atoms with Gasteiger partial charge in [0.1, 0.15) is 5.75 Å². The summed E-state index contributed by atoms with van der Waals surface area (Å²) >= 11 is 3.60. The van der Waals surface area contributed by atoms with Crippen LogP contribution >= 0.6 is 15.9 Å². The Bertz CT molecular complexity index is 1120. The largest absolute Gasteiger partial charge is 0.493 e. The number of nitrogens with zero attached hydrogens (tertiary/aromatic N) is 2. The van der Waals surface area contributed by atoms with E-state index < -0.39 is 0 Å². The second-order valence-electron chi connectivity index (χ2n) is 7.28. The molecule has 0 spiro atoms. The molecular weight excluding hydrogens is 444 g/mol. The van der Waals surface area contributed by atoms with Crippen LogP contribution in [0.3, 0.4) is 0 Å². The van der Waals surface area contributed by atoms with Crippen molar-refractivity contribution >= 4 is 21.6 Å². The zero-order chi connectivity index (χ0) is 20.7. The molecule has 0 bridgehead atoms. The second-order valence-corrected chi connectivity index (χ2v) is 8.20. The average Bonchev–Trinajstić information content (AvgIpc) is 3.24. The van der Waals surface area contributed by atoms with E-state index in [0.29, 0.717) is 11.5 Å². The van der Waals surface area contributed by atoms with Gasteiger partial charge >= 0.3 is 0 Å². The molecule has 2 aliphatic rings. The Balaban J connectivity index is 1.60. The Hall–Kier alpha value is -2.99. The fourth-order valence-electron chi connectivity index (χ4n) is 4.09. The van der Waals surface area contributed by atoms with Crippen LogP contribution in [0.15, 0.2) is 76.3 Å². The molecule has 0 saturated carbocycles. The molecular formula is C24H21BrN2O3. The van der Waals surface area contributed by atoms with Gasteiger partial charge in [-0.3, -0.25) is 0 Å². The van der Waals surface area contributed by atoms with Crippen molar-refractivity contribution in [3.63, 3.8) is 0 Å². The molecule has 5 nitrogen and oxygen atoms in total. The van der Waals surface area contributed by atoms with E-state index in [4.69, 9.17) is 19.3 Å². The van der Waals surface area contributed by atoms with Gasteiger partial charge in [0, 0.05) is 22.0 Å². The van der Waals surface area contributed by atoms with Crippen molar-refractivity contribution in [2.24, 2.45) is 5.10 Å². The number of methoxy groups -OCH3 is 2. The highest BCUT2D eigenvalue weighted by molar-refractivity contribution is 9.10. The lowest BCUT2D eigenvalue weighted by Crippen LogP contribution is -2.33. The van der Waals surface area contributed by atoms with Gasteiger partial charge in [0.15, 0.2) is 11.5 Å². The van der Waals surface area contributed by atoms with E-state index in [-0.39, 0.29) is 12.3 Å². The van der Waals surface area contributed by atoms with E-state index in [1.807, 2.05) is 48.5 Å². The average molecular weight is 465 g/mol. The monoisotopic (exact) mass is 464 g/mol. The lowest BCUT2D eigenvalue weighted by molar-refractivity contribution is -0.0192. The number of halogens is 1. The van der Waals surface area contributed by atoms with Crippen molar-refractivity contribution in [2.75, 3.05) is 14.2 Å². The molecule has 0 N–H and O–H groups in total. The summed E-state index contributed by atoms with van der Waals surface area (Å²) in [5.74, 6) is 2.24. The first-order valence-electron chi connectivity index (χ1n) is 9.77. The molecule has 3 aromatic carbocycles. The van der Waals surface area contributed by atoms with Crippen LogP contribution in [0.5, 0.6) is 17.2 Å². The van der Waals surface area contributed by atoms with Crippen molar-refractivity contribution < 1.29 is 14.2 Å². The van der Waals surface area contributed by atoms with Gasteiger partial charge in [-0.05, 0) is 42.0 Å². The molecule has 2 aliphatic heterocycles. The first-order chi connectivity index (χ1) is 14.7. The van der Waals surface area contributed by atoms with Crippen molar-refractivity contribution in [3.05, 3.63) is 87.9 Å². The van der Waals surface area contributed by atoms with E-state index in [0.717, 1.165) is 39.0 Å². The minimum absolute atomic E-state index is 0.0968. The van der Waals surface area contributed by atoms with Gasteiger partial charge in [-0.15, -0.1) is 0 Å². The SMILES string of the molecule is COc1ccc([C@@H]2Oc3ccc(Br)cc3[C@@H]3CC(c4ccccc4)=NN32)cc1OC. The summed E-state index contributed by atoms with van der Waals surface area (Å²) in [6, 6.07) is 22.4. The van der Waals surface area contributed by atoms with Gasteiger partial charge in [-0.1, -0.05) is 46.3 Å².